The predicted octanol–water partition coefficient (Wildman–Crippen LogP) is 3.56. The molecule has 0 fully saturated rings. The molecule has 1 aliphatic heterocycles. The number of aromatic nitrogens is 2. The minimum absolute atomic E-state index is 0.00306. The molecule has 0 aliphatic carbocycles. The van der Waals surface area contributed by atoms with Gasteiger partial charge in [0, 0.05) is 22.8 Å². The summed E-state index contributed by atoms with van der Waals surface area (Å²) in [6.45, 7) is 0.534. The van der Waals surface area contributed by atoms with Crippen molar-refractivity contribution in [1.82, 2.24) is 14.9 Å². The highest BCUT2D eigenvalue weighted by atomic mass is 32.2. The molecule has 0 saturated carbocycles. The fraction of sp³-hybridized carbons (Fsp3) is 0.158. The van der Waals surface area contributed by atoms with E-state index in [9.17, 15) is 9.59 Å². The van der Waals surface area contributed by atoms with Gasteiger partial charge < -0.3 is 4.90 Å². The Morgan fingerprint density at radius 2 is 1.96 bits per heavy atom. The number of fused-ring (bicyclic) bond motifs is 1. The molecule has 27 heavy (non-hydrogen) atoms. The van der Waals surface area contributed by atoms with Gasteiger partial charge in [0.1, 0.15) is 5.37 Å². The molecule has 3 heterocycles. The smallest absolute Gasteiger partial charge is 0.255 e. The maximum absolute atomic E-state index is 12.9. The molecule has 2 amide bonds. The molecule has 0 spiro atoms. The number of hydrogen-bond donors (Lipinski definition) is 1. The van der Waals surface area contributed by atoms with E-state index in [2.05, 4.69) is 15.3 Å². The van der Waals surface area contributed by atoms with Crippen LogP contribution in [0.3, 0.4) is 0 Å². The highest BCUT2D eigenvalue weighted by Crippen LogP contribution is 2.42. The van der Waals surface area contributed by atoms with E-state index in [1.54, 1.807) is 29.8 Å². The first-order chi connectivity index (χ1) is 13.2. The van der Waals surface area contributed by atoms with Gasteiger partial charge in [-0.3, -0.25) is 14.9 Å². The number of nitrogens with zero attached hydrogens (tertiary/aromatic N) is 3. The van der Waals surface area contributed by atoms with Crippen LogP contribution in [0.1, 0.15) is 26.2 Å². The Hall–Kier alpha value is -2.71. The van der Waals surface area contributed by atoms with Crippen molar-refractivity contribution in [3.63, 3.8) is 0 Å². The van der Waals surface area contributed by atoms with Gasteiger partial charge in [-0.1, -0.05) is 24.3 Å². The SMILES string of the molecule is O=C(CSC1c2ccccc2C(=O)N1Cc1cccs1)Nc1ncccn1. The first kappa shape index (κ1) is 17.7. The number of nitrogens with one attached hydrogen (secondary N) is 1. The second-order valence-electron chi connectivity index (χ2n) is 5.88. The zero-order valence-corrected chi connectivity index (χ0v) is 15.9. The molecule has 8 heteroatoms. The van der Waals surface area contributed by atoms with Gasteiger partial charge in [-0.2, -0.15) is 0 Å². The van der Waals surface area contributed by atoms with Crippen LogP contribution in [0.4, 0.5) is 5.95 Å². The molecule has 4 rings (SSSR count). The number of anilines is 1. The third-order valence-corrected chi connectivity index (χ3v) is 6.21. The van der Waals surface area contributed by atoms with Crippen LogP contribution in [-0.4, -0.2) is 32.4 Å². The zero-order chi connectivity index (χ0) is 18.6. The van der Waals surface area contributed by atoms with E-state index in [0.29, 0.717) is 12.1 Å². The minimum Gasteiger partial charge on any atom is -0.317 e. The zero-order valence-electron chi connectivity index (χ0n) is 14.2. The molecule has 1 aromatic carbocycles. The molecule has 0 saturated heterocycles. The summed E-state index contributed by atoms with van der Waals surface area (Å²) in [6.07, 6.45) is 3.15. The first-order valence-electron chi connectivity index (χ1n) is 8.33. The largest absolute Gasteiger partial charge is 0.317 e. The lowest BCUT2D eigenvalue weighted by molar-refractivity contribution is -0.113. The average Bonchev–Trinajstić information content (AvgIpc) is 3.29. The summed E-state index contributed by atoms with van der Waals surface area (Å²) in [5, 5.41) is 4.48. The number of hydrogen-bond acceptors (Lipinski definition) is 6. The molecule has 0 bridgehead atoms. The van der Waals surface area contributed by atoms with Crippen molar-refractivity contribution in [2.24, 2.45) is 0 Å². The molecule has 1 N–H and O–H groups in total. The van der Waals surface area contributed by atoms with E-state index in [1.807, 2.05) is 46.7 Å². The Kier molecular flexibility index (Phi) is 5.17. The fourth-order valence-corrected chi connectivity index (χ4v) is 4.74. The summed E-state index contributed by atoms with van der Waals surface area (Å²) in [6, 6.07) is 13.3. The van der Waals surface area contributed by atoms with Gasteiger partial charge in [-0.25, -0.2) is 9.97 Å². The van der Waals surface area contributed by atoms with Crippen molar-refractivity contribution >= 4 is 40.9 Å². The Labute approximate surface area is 164 Å². The lowest BCUT2D eigenvalue weighted by Gasteiger charge is -2.24. The number of benzene rings is 1. The molecule has 2 aromatic heterocycles. The van der Waals surface area contributed by atoms with Crippen molar-refractivity contribution < 1.29 is 9.59 Å². The van der Waals surface area contributed by atoms with E-state index >= 15 is 0 Å². The second-order valence-corrected chi connectivity index (χ2v) is 7.98. The van der Waals surface area contributed by atoms with E-state index in [4.69, 9.17) is 0 Å². The van der Waals surface area contributed by atoms with Crippen LogP contribution in [0.25, 0.3) is 0 Å². The second kappa shape index (κ2) is 7.89. The summed E-state index contributed by atoms with van der Waals surface area (Å²) in [5.41, 5.74) is 1.66. The minimum atomic E-state index is -0.196. The molecular formula is C19H16N4O2S2. The van der Waals surface area contributed by atoms with Crippen molar-refractivity contribution in [3.8, 4) is 0 Å². The van der Waals surface area contributed by atoms with Crippen molar-refractivity contribution in [2.45, 2.75) is 11.9 Å². The van der Waals surface area contributed by atoms with Crippen LogP contribution in [0, 0.1) is 0 Å². The molecule has 3 aromatic rings. The summed E-state index contributed by atoms with van der Waals surface area (Å²) >= 11 is 3.05. The standard InChI is InChI=1S/C19H16N4O2S2/c24-16(22-19-20-8-4-9-21-19)12-27-18-15-7-2-1-6-14(15)17(25)23(18)11-13-5-3-10-26-13/h1-10,18H,11-12H2,(H,20,21,22,24). The van der Waals surface area contributed by atoms with E-state index in [0.717, 1.165) is 10.4 Å². The molecule has 0 radical (unpaired) electrons. The van der Waals surface area contributed by atoms with Gasteiger partial charge in [0.15, 0.2) is 0 Å². The van der Waals surface area contributed by atoms with Gasteiger partial charge in [-0.05, 0) is 29.1 Å². The van der Waals surface area contributed by atoms with Crippen molar-refractivity contribution in [1.29, 1.82) is 0 Å². The predicted molar refractivity (Wildman–Crippen MR) is 106 cm³/mol. The molecular weight excluding hydrogens is 380 g/mol. The van der Waals surface area contributed by atoms with E-state index < -0.39 is 0 Å². The highest BCUT2D eigenvalue weighted by Gasteiger charge is 2.37. The van der Waals surface area contributed by atoms with Crippen molar-refractivity contribution in [3.05, 3.63) is 76.2 Å². The van der Waals surface area contributed by atoms with Crippen LogP contribution in [0.5, 0.6) is 0 Å². The Balaban J connectivity index is 1.49. The monoisotopic (exact) mass is 396 g/mol. The van der Waals surface area contributed by atoms with Crippen molar-refractivity contribution in [2.75, 3.05) is 11.1 Å². The van der Waals surface area contributed by atoms with E-state index in [-0.39, 0.29) is 28.9 Å². The third kappa shape index (κ3) is 3.86. The molecule has 136 valence electrons. The van der Waals surface area contributed by atoms with E-state index in [1.165, 1.54) is 11.8 Å². The van der Waals surface area contributed by atoms with Gasteiger partial charge in [-0.15, -0.1) is 23.1 Å². The average molecular weight is 396 g/mol. The summed E-state index contributed by atoms with van der Waals surface area (Å²) in [5.74, 6) is 0.287. The fourth-order valence-electron chi connectivity index (χ4n) is 2.92. The highest BCUT2D eigenvalue weighted by molar-refractivity contribution is 8.00. The topological polar surface area (TPSA) is 75.2 Å². The van der Waals surface area contributed by atoms with Crippen LogP contribution in [0.15, 0.2) is 60.2 Å². The number of amides is 2. The molecule has 1 atom stereocenters. The summed E-state index contributed by atoms with van der Waals surface area (Å²) in [7, 11) is 0. The van der Waals surface area contributed by atoms with Gasteiger partial charge in [0.25, 0.3) is 5.91 Å². The van der Waals surface area contributed by atoms with Gasteiger partial charge >= 0.3 is 0 Å². The van der Waals surface area contributed by atoms with Crippen LogP contribution in [0.2, 0.25) is 0 Å². The molecule has 1 aliphatic rings. The number of thiophene rings is 1. The maximum atomic E-state index is 12.9. The van der Waals surface area contributed by atoms with Crippen LogP contribution < -0.4 is 5.32 Å². The normalized spacial score (nSPS) is 15.6. The van der Waals surface area contributed by atoms with Gasteiger partial charge in [0.05, 0.1) is 12.3 Å². The Bertz CT molecular complexity index is 947. The van der Waals surface area contributed by atoms with Crippen LogP contribution >= 0.6 is 23.1 Å². The number of carbonyl (C=O) groups is 2. The van der Waals surface area contributed by atoms with Gasteiger partial charge in [0.2, 0.25) is 11.9 Å². The number of thioether (sulfide) groups is 1. The lowest BCUT2D eigenvalue weighted by atomic mass is 10.1. The third-order valence-electron chi connectivity index (χ3n) is 4.10. The summed E-state index contributed by atoms with van der Waals surface area (Å²) < 4.78 is 0. The number of rotatable bonds is 6. The first-order valence-corrected chi connectivity index (χ1v) is 10.3. The lowest BCUT2D eigenvalue weighted by Crippen LogP contribution is -2.27. The Morgan fingerprint density at radius 1 is 1.15 bits per heavy atom. The summed E-state index contributed by atoms with van der Waals surface area (Å²) in [4.78, 5) is 36.1. The number of carbonyl (C=O) groups excluding carboxylic acids is 2. The quantitative estimate of drug-likeness (QED) is 0.689. The molecule has 1 unspecified atom stereocenters. The van der Waals surface area contributed by atoms with Crippen LogP contribution in [-0.2, 0) is 11.3 Å². The Morgan fingerprint density at radius 3 is 2.74 bits per heavy atom. The maximum Gasteiger partial charge on any atom is 0.255 e. The molecule has 6 nitrogen and oxygen atoms in total.